The van der Waals surface area contributed by atoms with Gasteiger partial charge < -0.3 is 5.32 Å². The molecule has 2 aromatic carbocycles. The molecule has 2 aromatic rings. The lowest BCUT2D eigenvalue weighted by Gasteiger charge is -2.62. The Hall–Kier alpha value is -2.29. The number of piperidine rings is 2. The number of benzene rings is 2. The number of nitrogens with zero attached hydrogens (tertiary/aromatic N) is 2. The van der Waals surface area contributed by atoms with Gasteiger partial charge in [-0.25, -0.2) is 0 Å². The molecule has 208 valence electrons. The van der Waals surface area contributed by atoms with Crippen LogP contribution in [0.25, 0.3) is 0 Å². The number of carbonyl (C=O) groups excluding carboxylic acids is 1. The summed E-state index contributed by atoms with van der Waals surface area (Å²) in [5.41, 5.74) is 1.96. The maximum absolute atomic E-state index is 14.0. The summed E-state index contributed by atoms with van der Waals surface area (Å²) in [5.74, 6) is 0.867. The molecular weight excluding hydrogens is 556 g/mol. The van der Waals surface area contributed by atoms with Gasteiger partial charge in [0.1, 0.15) is 0 Å². The van der Waals surface area contributed by atoms with Crippen molar-refractivity contribution in [1.82, 2.24) is 15.5 Å². The number of amides is 1. The van der Waals surface area contributed by atoms with Gasteiger partial charge in [-0.1, -0.05) is 91.0 Å². The first-order valence-corrected chi connectivity index (χ1v) is 15.6. The summed E-state index contributed by atoms with van der Waals surface area (Å²) >= 11 is 4.17. The molecule has 5 aliphatic rings. The average Bonchev–Trinajstić information content (AvgIpc) is 3.24. The van der Waals surface area contributed by atoms with E-state index in [1.807, 2.05) is 12.1 Å². The molecule has 8 heteroatoms. The molecule has 7 nitrogen and oxygen atoms in total. The van der Waals surface area contributed by atoms with Crippen LogP contribution in [-0.2, 0) is 16.9 Å². The van der Waals surface area contributed by atoms with E-state index >= 15 is 0 Å². The van der Waals surface area contributed by atoms with Gasteiger partial charge in [0, 0.05) is 54.0 Å². The smallest absolute Gasteiger partial charge is 0.269 e. The number of non-ortho nitro benzene ring substituents is 1. The number of halogens is 1. The van der Waals surface area contributed by atoms with Gasteiger partial charge in [0.15, 0.2) is 0 Å². The van der Waals surface area contributed by atoms with Crippen molar-refractivity contribution in [2.75, 3.05) is 6.54 Å². The van der Waals surface area contributed by atoms with E-state index in [-0.39, 0.29) is 51.3 Å². The maximum atomic E-state index is 14.0. The van der Waals surface area contributed by atoms with E-state index in [1.54, 1.807) is 12.1 Å². The first kappa shape index (κ1) is 26.9. The van der Waals surface area contributed by atoms with Crippen molar-refractivity contribution in [3.05, 3.63) is 75.8 Å². The van der Waals surface area contributed by atoms with Crippen molar-refractivity contribution in [2.45, 2.75) is 86.9 Å². The highest BCUT2D eigenvalue weighted by Gasteiger charge is 2.71. The van der Waals surface area contributed by atoms with Crippen molar-refractivity contribution in [2.24, 2.45) is 17.8 Å². The molecule has 39 heavy (non-hydrogen) atoms. The summed E-state index contributed by atoms with van der Waals surface area (Å²) in [6, 6.07) is 17.9. The van der Waals surface area contributed by atoms with Crippen LogP contribution in [-0.4, -0.2) is 45.2 Å². The van der Waals surface area contributed by atoms with Crippen molar-refractivity contribution >= 4 is 27.5 Å². The molecule has 3 heterocycles. The lowest BCUT2D eigenvalue weighted by molar-refractivity contribution is -0.384. The van der Waals surface area contributed by atoms with Gasteiger partial charge in [-0.05, 0) is 36.3 Å². The lowest BCUT2D eigenvalue weighted by atomic mass is 9.54. The third-order valence-corrected chi connectivity index (χ3v) is 11.2. The predicted molar refractivity (Wildman–Crippen MR) is 155 cm³/mol. The molecule has 0 unspecified atom stereocenters. The third kappa shape index (κ3) is 4.62. The molecular formula is C31H39BrN4O3. The zero-order chi connectivity index (χ0) is 27.1. The van der Waals surface area contributed by atoms with Gasteiger partial charge in [-0.15, -0.1) is 0 Å². The number of alkyl halides is 1. The van der Waals surface area contributed by atoms with Crippen molar-refractivity contribution in [3.63, 3.8) is 0 Å². The summed E-state index contributed by atoms with van der Waals surface area (Å²) in [7, 11) is 0. The number of hydrogen-bond acceptors (Lipinski definition) is 5. The third-order valence-electron chi connectivity index (χ3n) is 9.95. The van der Waals surface area contributed by atoms with E-state index in [2.05, 4.69) is 68.7 Å². The van der Waals surface area contributed by atoms with E-state index in [4.69, 9.17) is 0 Å². The molecule has 7 rings (SSSR count). The van der Waals surface area contributed by atoms with Gasteiger partial charge >= 0.3 is 0 Å². The summed E-state index contributed by atoms with van der Waals surface area (Å²) in [4.78, 5) is 27.9. The number of likely N-dealkylation sites (tertiary alicyclic amines) is 1. The average molecular weight is 596 g/mol. The summed E-state index contributed by atoms with van der Waals surface area (Å²) in [6.07, 6.45) is 7.82. The van der Waals surface area contributed by atoms with Gasteiger partial charge in [0.05, 0.1) is 16.5 Å². The number of nitro groups is 1. The minimum Gasteiger partial charge on any atom is -0.352 e. The first-order chi connectivity index (χ1) is 18.9. The fourth-order valence-corrected chi connectivity index (χ4v) is 9.72. The van der Waals surface area contributed by atoms with Crippen LogP contribution in [0.15, 0.2) is 54.6 Å². The number of carbonyl (C=O) groups is 1. The quantitative estimate of drug-likeness (QED) is 0.239. The normalized spacial score (nSPS) is 34.2. The van der Waals surface area contributed by atoms with Crippen LogP contribution in [0.1, 0.15) is 63.0 Å². The number of hydrogen-bond donors (Lipinski definition) is 2. The Morgan fingerprint density at radius 3 is 2.51 bits per heavy atom. The molecule has 0 spiro atoms. The summed E-state index contributed by atoms with van der Waals surface area (Å²) in [5, 5.41) is 18.9. The van der Waals surface area contributed by atoms with Crippen LogP contribution in [0, 0.1) is 27.9 Å². The molecule has 4 bridgehead atoms. The molecule has 2 saturated carbocycles. The lowest BCUT2D eigenvalue weighted by Crippen LogP contribution is -2.77. The largest absolute Gasteiger partial charge is 0.352 e. The van der Waals surface area contributed by atoms with Crippen LogP contribution >= 0.6 is 15.9 Å². The Morgan fingerprint density at radius 2 is 1.85 bits per heavy atom. The van der Waals surface area contributed by atoms with Crippen molar-refractivity contribution < 1.29 is 9.72 Å². The Labute approximate surface area is 239 Å². The molecule has 5 fully saturated rings. The first-order valence-electron chi connectivity index (χ1n) is 14.7. The Morgan fingerprint density at radius 1 is 1.13 bits per heavy atom. The van der Waals surface area contributed by atoms with E-state index in [0.29, 0.717) is 5.92 Å². The van der Waals surface area contributed by atoms with Crippen molar-refractivity contribution in [3.8, 4) is 0 Å². The van der Waals surface area contributed by atoms with Gasteiger partial charge in [-0.2, -0.15) is 0 Å². The molecule has 3 saturated heterocycles. The van der Waals surface area contributed by atoms with E-state index in [9.17, 15) is 14.9 Å². The van der Waals surface area contributed by atoms with Crippen LogP contribution in [0.4, 0.5) is 5.69 Å². The highest BCUT2D eigenvalue weighted by atomic mass is 79.9. The van der Waals surface area contributed by atoms with E-state index in [1.165, 1.54) is 24.8 Å². The standard InChI is InChI=1S/C31H39BrN4O3/c1-2-9-24-26-27(32)25-19-35(18-20-10-5-3-6-11-20)29(24)31(25,21-14-16-23(17-15-21)36(38)39)34-28(26)30(37)33-22-12-7-4-8-13-22/h3,5-6,10-11,14-17,22,24-29,34H,2,4,7-9,12-13,18-19H2,1H3,(H,33,37)/t24-,25-,26+,27-,28+,29+,31+/m1/s1. The monoisotopic (exact) mass is 594 g/mol. The van der Waals surface area contributed by atoms with Crippen LogP contribution in [0.3, 0.4) is 0 Å². The number of fused-ring (bicyclic) bond motifs is 1. The fourth-order valence-electron chi connectivity index (χ4n) is 8.44. The zero-order valence-electron chi connectivity index (χ0n) is 22.6. The van der Waals surface area contributed by atoms with Crippen LogP contribution in [0.2, 0.25) is 0 Å². The second-order valence-corrected chi connectivity index (χ2v) is 13.1. The number of nitrogens with one attached hydrogen (secondary N) is 2. The fraction of sp³-hybridized carbons (Fsp3) is 0.581. The van der Waals surface area contributed by atoms with Gasteiger partial charge in [0.2, 0.25) is 5.91 Å². The zero-order valence-corrected chi connectivity index (χ0v) is 24.2. The van der Waals surface area contributed by atoms with Crippen molar-refractivity contribution in [1.29, 1.82) is 0 Å². The molecule has 2 N–H and O–H groups in total. The second kappa shape index (κ2) is 10.9. The van der Waals surface area contributed by atoms with Gasteiger partial charge in [0.25, 0.3) is 5.69 Å². The van der Waals surface area contributed by atoms with Crippen LogP contribution in [0.5, 0.6) is 0 Å². The topological polar surface area (TPSA) is 87.5 Å². The minimum atomic E-state index is -0.471. The number of nitro benzene ring substituents is 1. The Kier molecular flexibility index (Phi) is 7.55. The number of rotatable bonds is 8. The van der Waals surface area contributed by atoms with E-state index < -0.39 is 5.54 Å². The molecule has 7 atom stereocenters. The summed E-state index contributed by atoms with van der Waals surface area (Å²) < 4.78 is 0. The molecule has 3 aliphatic heterocycles. The van der Waals surface area contributed by atoms with Crippen LogP contribution < -0.4 is 10.6 Å². The SMILES string of the molecule is CCC[C@@H]1[C@H]2[C@H](Br)[C@H]3CN(Cc4ccccc4)[C@@H]1[C@@]3(c1ccc([N+](=O)[O-])cc1)N[C@@H]2C(=O)NC1CCCCC1. The Balaban J connectivity index is 1.41. The second-order valence-electron chi connectivity index (χ2n) is 12.1. The minimum absolute atomic E-state index is 0.0974. The maximum Gasteiger partial charge on any atom is 0.269 e. The predicted octanol–water partition coefficient (Wildman–Crippen LogP) is 5.52. The van der Waals surface area contributed by atoms with Gasteiger partial charge in [-0.3, -0.25) is 25.1 Å². The molecule has 0 radical (unpaired) electrons. The molecule has 2 aliphatic carbocycles. The molecule has 0 aromatic heterocycles. The highest BCUT2D eigenvalue weighted by molar-refractivity contribution is 9.09. The highest BCUT2D eigenvalue weighted by Crippen LogP contribution is 2.61. The summed E-state index contributed by atoms with van der Waals surface area (Å²) in [6.45, 7) is 4.00. The molecule has 1 amide bonds. The van der Waals surface area contributed by atoms with E-state index in [0.717, 1.165) is 44.3 Å². The Bertz CT molecular complexity index is 1190.